The molecule has 0 aromatic heterocycles. The van der Waals surface area contributed by atoms with Gasteiger partial charge in [0.05, 0.1) is 39.6 Å². The number of hydrogen-bond acceptors (Lipinski definition) is 5. The Morgan fingerprint density at radius 2 is 1.70 bits per heavy atom. The maximum Gasteiger partial charge on any atom is 0.407 e. The molecule has 0 atom stereocenters. The van der Waals surface area contributed by atoms with Crippen molar-refractivity contribution in [2.75, 3.05) is 70.7 Å². The van der Waals surface area contributed by atoms with E-state index < -0.39 is 16.1 Å². The summed E-state index contributed by atoms with van der Waals surface area (Å²) in [6.45, 7) is 2.54. The van der Waals surface area contributed by atoms with Crippen molar-refractivity contribution in [3.05, 3.63) is 0 Å². The van der Waals surface area contributed by atoms with E-state index in [1.54, 1.807) is 0 Å². The fourth-order valence-corrected chi connectivity index (χ4v) is 2.30. The average molecular weight is 311 g/mol. The summed E-state index contributed by atoms with van der Waals surface area (Å²) >= 11 is 0. The lowest BCUT2D eigenvalue weighted by Gasteiger charge is -2.24. The van der Waals surface area contributed by atoms with E-state index >= 15 is 0 Å². The van der Waals surface area contributed by atoms with Crippen LogP contribution in [0, 0.1) is 0 Å². The van der Waals surface area contributed by atoms with Crippen molar-refractivity contribution in [1.82, 2.24) is 5.32 Å². The standard InChI is InChI=1S/C13H29NO5S/c1-20(2,3)12-4-7-19-13(16)14-5-8-17-10-11-18-9-6-15/h15H,4-12H2,1-3H3,(H,14,16). The number of nitrogens with one attached hydrogen (secondary N) is 1. The number of carbonyl (C=O) groups is 1. The Bertz CT molecular complexity index is 245. The fraction of sp³-hybridized carbons (Fsp3) is 0.923. The highest BCUT2D eigenvalue weighted by Crippen LogP contribution is 2.34. The highest BCUT2D eigenvalue weighted by Gasteiger charge is 2.05. The summed E-state index contributed by atoms with van der Waals surface area (Å²) in [4.78, 5) is 11.3. The van der Waals surface area contributed by atoms with Crippen molar-refractivity contribution >= 4 is 16.1 Å². The zero-order valence-corrected chi connectivity index (χ0v) is 13.7. The smallest absolute Gasteiger partial charge is 0.407 e. The van der Waals surface area contributed by atoms with Crippen LogP contribution < -0.4 is 5.32 Å². The lowest BCUT2D eigenvalue weighted by Crippen LogP contribution is -2.28. The van der Waals surface area contributed by atoms with E-state index in [1.807, 2.05) is 0 Å². The number of hydrogen-bond donors (Lipinski definition) is 2. The molecule has 2 N–H and O–H groups in total. The van der Waals surface area contributed by atoms with Crippen LogP contribution in [0.4, 0.5) is 4.79 Å². The molecular formula is C13H29NO5S. The third-order valence-electron chi connectivity index (χ3n) is 2.26. The molecule has 0 rings (SSSR count). The van der Waals surface area contributed by atoms with Gasteiger partial charge in [-0.25, -0.2) is 14.8 Å². The molecule has 0 aliphatic carbocycles. The summed E-state index contributed by atoms with van der Waals surface area (Å²) in [6.07, 6.45) is 7.25. The summed E-state index contributed by atoms with van der Waals surface area (Å²) in [6, 6.07) is 0. The van der Waals surface area contributed by atoms with Crippen LogP contribution in [0.25, 0.3) is 0 Å². The van der Waals surface area contributed by atoms with Gasteiger partial charge in [-0.3, -0.25) is 0 Å². The first-order valence-corrected chi connectivity index (χ1v) is 9.81. The van der Waals surface area contributed by atoms with Gasteiger partial charge in [-0.2, -0.15) is 0 Å². The highest BCUT2D eigenvalue weighted by molar-refractivity contribution is 8.32. The Kier molecular flexibility index (Phi) is 12.0. The van der Waals surface area contributed by atoms with Crippen molar-refractivity contribution in [1.29, 1.82) is 0 Å². The number of amides is 1. The van der Waals surface area contributed by atoms with Crippen molar-refractivity contribution in [2.24, 2.45) is 0 Å². The molecule has 122 valence electrons. The molecule has 0 fully saturated rings. The second-order valence-electron chi connectivity index (χ2n) is 5.16. The predicted octanol–water partition coefficient (Wildman–Crippen LogP) is 0.822. The summed E-state index contributed by atoms with van der Waals surface area (Å²) in [5.74, 6) is 1.11. The Labute approximate surface area is 123 Å². The third-order valence-corrected chi connectivity index (χ3v) is 3.77. The lowest BCUT2D eigenvalue weighted by molar-refractivity contribution is 0.0337. The van der Waals surface area contributed by atoms with Gasteiger partial charge in [-0.05, 0) is 30.9 Å². The summed E-state index contributed by atoms with van der Waals surface area (Å²) in [5, 5.41) is 11.1. The van der Waals surface area contributed by atoms with E-state index in [-0.39, 0.29) is 6.61 Å². The van der Waals surface area contributed by atoms with Gasteiger partial charge in [0.2, 0.25) is 0 Å². The van der Waals surface area contributed by atoms with Gasteiger partial charge in [0, 0.05) is 6.54 Å². The first-order chi connectivity index (χ1) is 9.45. The van der Waals surface area contributed by atoms with Crippen LogP contribution in [0.3, 0.4) is 0 Å². The Morgan fingerprint density at radius 3 is 2.30 bits per heavy atom. The molecule has 6 nitrogen and oxygen atoms in total. The van der Waals surface area contributed by atoms with Gasteiger partial charge in [-0.1, -0.05) is 0 Å². The van der Waals surface area contributed by atoms with Crippen LogP contribution in [-0.2, 0) is 14.2 Å². The molecule has 7 heteroatoms. The van der Waals surface area contributed by atoms with Crippen molar-refractivity contribution in [3.63, 3.8) is 0 Å². The van der Waals surface area contributed by atoms with Crippen molar-refractivity contribution < 1.29 is 24.1 Å². The monoisotopic (exact) mass is 311 g/mol. The maximum absolute atomic E-state index is 11.3. The molecular weight excluding hydrogens is 282 g/mol. The summed E-state index contributed by atoms with van der Waals surface area (Å²) in [5.41, 5.74) is 0. The molecule has 0 aliphatic rings. The number of alkyl carbamates (subject to hydrolysis) is 1. The van der Waals surface area contributed by atoms with Gasteiger partial charge in [0.1, 0.15) is 0 Å². The minimum absolute atomic E-state index is 0.0180. The number of carbonyl (C=O) groups excluding carboxylic acids is 1. The normalized spacial score (nSPS) is 12.2. The molecule has 20 heavy (non-hydrogen) atoms. The molecule has 1 amide bonds. The van der Waals surface area contributed by atoms with E-state index in [0.29, 0.717) is 39.6 Å². The molecule has 0 saturated carbocycles. The minimum Gasteiger partial charge on any atom is -0.450 e. The first-order valence-electron chi connectivity index (χ1n) is 6.78. The molecule has 0 aromatic carbocycles. The van der Waals surface area contributed by atoms with Gasteiger partial charge >= 0.3 is 6.09 Å². The maximum atomic E-state index is 11.3. The molecule has 0 spiro atoms. The molecule has 0 heterocycles. The molecule has 0 radical (unpaired) electrons. The van der Waals surface area contributed by atoms with Gasteiger partial charge < -0.3 is 24.6 Å². The summed E-state index contributed by atoms with van der Waals surface area (Å²) in [7, 11) is -0.515. The molecule has 0 bridgehead atoms. The molecule has 0 aromatic rings. The second kappa shape index (κ2) is 12.3. The highest BCUT2D eigenvalue weighted by atomic mass is 32.3. The van der Waals surface area contributed by atoms with Crippen LogP contribution in [-0.4, -0.2) is 81.9 Å². The van der Waals surface area contributed by atoms with Crippen molar-refractivity contribution in [2.45, 2.75) is 6.42 Å². The topological polar surface area (TPSA) is 77.0 Å². The molecule has 0 unspecified atom stereocenters. The molecule has 0 saturated heterocycles. The van der Waals surface area contributed by atoms with Crippen LogP contribution in [0.5, 0.6) is 0 Å². The van der Waals surface area contributed by atoms with Crippen LogP contribution >= 0.6 is 10.0 Å². The van der Waals surface area contributed by atoms with Gasteiger partial charge in [0.25, 0.3) is 0 Å². The first kappa shape index (κ1) is 19.5. The number of rotatable bonds is 12. The van der Waals surface area contributed by atoms with Crippen molar-refractivity contribution in [3.8, 4) is 0 Å². The summed E-state index contributed by atoms with van der Waals surface area (Å²) < 4.78 is 15.3. The minimum atomic E-state index is -0.515. The van der Waals surface area contributed by atoms with Crippen LogP contribution in [0.2, 0.25) is 0 Å². The average Bonchev–Trinajstić information content (AvgIpc) is 2.37. The van der Waals surface area contributed by atoms with E-state index in [1.165, 1.54) is 0 Å². The zero-order valence-electron chi connectivity index (χ0n) is 12.9. The number of aliphatic hydroxyl groups is 1. The van der Waals surface area contributed by atoms with E-state index in [9.17, 15) is 4.79 Å². The van der Waals surface area contributed by atoms with Crippen LogP contribution in [0.15, 0.2) is 0 Å². The predicted molar refractivity (Wildman–Crippen MR) is 82.9 cm³/mol. The zero-order chi connectivity index (χ0) is 15.3. The number of ether oxygens (including phenoxy) is 3. The Morgan fingerprint density at radius 1 is 1.05 bits per heavy atom. The quantitative estimate of drug-likeness (QED) is 0.522. The lowest BCUT2D eigenvalue weighted by atomic mass is 10.5. The Hall–Kier alpha value is -0.500. The largest absolute Gasteiger partial charge is 0.450 e. The fourth-order valence-electron chi connectivity index (χ4n) is 1.32. The SMILES string of the molecule is CS(C)(C)CCCOC(=O)NCCOCCOCCO. The van der Waals surface area contributed by atoms with E-state index in [0.717, 1.165) is 12.2 Å². The number of aliphatic hydroxyl groups excluding tert-OH is 1. The van der Waals surface area contributed by atoms with E-state index in [4.69, 9.17) is 19.3 Å². The molecule has 0 aliphatic heterocycles. The Balaban J connectivity index is 3.25. The van der Waals surface area contributed by atoms with Gasteiger partial charge in [-0.15, -0.1) is 0 Å². The van der Waals surface area contributed by atoms with Gasteiger partial charge in [0.15, 0.2) is 0 Å². The van der Waals surface area contributed by atoms with Crippen LogP contribution in [0.1, 0.15) is 6.42 Å². The third kappa shape index (κ3) is 15.6. The second-order valence-corrected chi connectivity index (χ2v) is 9.75. The van der Waals surface area contributed by atoms with E-state index in [2.05, 4.69) is 24.1 Å².